The second-order valence-corrected chi connectivity index (χ2v) is 5.21. The van der Waals surface area contributed by atoms with Gasteiger partial charge < -0.3 is 21.0 Å². The molecular formula is C17H14F3N3O4. The van der Waals surface area contributed by atoms with Gasteiger partial charge in [0.2, 0.25) is 0 Å². The molecule has 10 heteroatoms. The molecule has 27 heavy (non-hydrogen) atoms. The van der Waals surface area contributed by atoms with E-state index in [2.05, 4.69) is 9.99 Å². The Morgan fingerprint density at radius 2 is 1.67 bits per heavy atom. The van der Waals surface area contributed by atoms with Crippen molar-refractivity contribution in [3.63, 3.8) is 0 Å². The number of benzene rings is 2. The Labute approximate surface area is 151 Å². The average Bonchev–Trinajstić information content (AvgIpc) is 2.64. The lowest BCUT2D eigenvalue weighted by Crippen LogP contribution is -2.20. The first-order valence-corrected chi connectivity index (χ1v) is 7.40. The summed E-state index contributed by atoms with van der Waals surface area (Å²) in [6, 6.07) is 9.64. The smallest absolute Gasteiger partial charge is 0.416 e. The van der Waals surface area contributed by atoms with E-state index in [0.29, 0.717) is 17.4 Å². The molecule has 0 fully saturated rings. The summed E-state index contributed by atoms with van der Waals surface area (Å²) in [6.45, 7) is -0.294. The molecule has 0 aliphatic carbocycles. The van der Waals surface area contributed by atoms with E-state index in [1.807, 2.05) is 0 Å². The van der Waals surface area contributed by atoms with E-state index in [-0.39, 0.29) is 18.0 Å². The predicted octanol–water partition coefficient (Wildman–Crippen LogP) is 2.05. The SMILES string of the molecule is NC(=O)COc1ccc(/C(N)=N/OC(=O)c2cccc(C(F)(F)F)c2)cc1. The number of oxime groups is 1. The number of hydrogen-bond donors (Lipinski definition) is 2. The first-order valence-electron chi connectivity index (χ1n) is 7.40. The Morgan fingerprint density at radius 1 is 1.00 bits per heavy atom. The van der Waals surface area contributed by atoms with Crippen molar-refractivity contribution in [3.8, 4) is 5.75 Å². The molecule has 4 N–H and O–H groups in total. The van der Waals surface area contributed by atoms with E-state index in [1.54, 1.807) is 0 Å². The Bertz CT molecular complexity index is 864. The van der Waals surface area contributed by atoms with Gasteiger partial charge in [-0.1, -0.05) is 11.2 Å². The Kier molecular flexibility index (Phi) is 6.01. The number of halogens is 3. The van der Waals surface area contributed by atoms with Gasteiger partial charge in [-0.25, -0.2) is 4.79 Å². The third-order valence-electron chi connectivity index (χ3n) is 3.18. The summed E-state index contributed by atoms with van der Waals surface area (Å²) in [5.74, 6) is -1.56. The number of nitrogens with two attached hydrogens (primary N) is 2. The van der Waals surface area contributed by atoms with E-state index >= 15 is 0 Å². The van der Waals surface area contributed by atoms with Crippen molar-refractivity contribution in [3.05, 3.63) is 65.2 Å². The second kappa shape index (κ2) is 8.21. The van der Waals surface area contributed by atoms with Gasteiger partial charge in [-0.3, -0.25) is 4.79 Å². The first-order chi connectivity index (χ1) is 12.7. The maximum absolute atomic E-state index is 12.7. The molecule has 0 radical (unpaired) electrons. The molecule has 142 valence electrons. The standard InChI is InChI=1S/C17H14F3N3O4/c18-17(19,20)12-3-1-2-11(8-12)16(25)27-23-15(22)10-4-6-13(7-5-10)26-9-14(21)24/h1-8H,9H2,(H2,21,24)(H2,22,23). The van der Waals surface area contributed by atoms with Gasteiger partial charge in [0.1, 0.15) is 5.75 Å². The molecule has 0 unspecified atom stereocenters. The minimum Gasteiger partial charge on any atom is -0.484 e. The normalized spacial score (nSPS) is 11.7. The number of ether oxygens (including phenoxy) is 1. The molecule has 1 amide bonds. The zero-order valence-electron chi connectivity index (χ0n) is 13.7. The Hall–Kier alpha value is -3.56. The van der Waals surface area contributed by atoms with E-state index in [1.165, 1.54) is 24.3 Å². The van der Waals surface area contributed by atoms with Crippen molar-refractivity contribution in [1.82, 2.24) is 0 Å². The van der Waals surface area contributed by atoms with Gasteiger partial charge in [0.25, 0.3) is 5.91 Å². The van der Waals surface area contributed by atoms with Crippen LogP contribution < -0.4 is 16.2 Å². The molecule has 7 nitrogen and oxygen atoms in total. The fourth-order valence-corrected chi connectivity index (χ4v) is 1.89. The Balaban J connectivity index is 2.04. The minimum atomic E-state index is -4.59. The van der Waals surface area contributed by atoms with Crippen LogP contribution in [0, 0.1) is 0 Å². The summed E-state index contributed by atoms with van der Waals surface area (Å²) >= 11 is 0. The summed E-state index contributed by atoms with van der Waals surface area (Å²) in [5, 5.41) is 3.42. The van der Waals surface area contributed by atoms with Crippen molar-refractivity contribution >= 4 is 17.7 Å². The van der Waals surface area contributed by atoms with Crippen LogP contribution in [0.5, 0.6) is 5.75 Å². The third kappa shape index (κ3) is 5.73. The van der Waals surface area contributed by atoms with Crippen LogP contribution in [0.25, 0.3) is 0 Å². The number of nitrogens with zero attached hydrogens (tertiary/aromatic N) is 1. The molecule has 0 aromatic heterocycles. The summed E-state index contributed by atoms with van der Waals surface area (Å²) < 4.78 is 43.1. The van der Waals surface area contributed by atoms with Crippen LogP contribution in [0.1, 0.15) is 21.5 Å². The number of carbonyl (C=O) groups is 2. The molecule has 0 atom stereocenters. The maximum atomic E-state index is 12.7. The largest absolute Gasteiger partial charge is 0.484 e. The van der Waals surface area contributed by atoms with Crippen LogP contribution in [-0.2, 0) is 15.8 Å². The van der Waals surface area contributed by atoms with Gasteiger partial charge in [0, 0.05) is 5.56 Å². The summed E-state index contributed by atoms with van der Waals surface area (Å²) in [5.41, 5.74) is 9.68. The fourth-order valence-electron chi connectivity index (χ4n) is 1.89. The van der Waals surface area contributed by atoms with Gasteiger partial charge in [0.05, 0.1) is 11.1 Å². The second-order valence-electron chi connectivity index (χ2n) is 5.21. The topological polar surface area (TPSA) is 117 Å². The van der Waals surface area contributed by atoms with Gasteiger partial charge in [-0.15, -0.1) is 0 Å². The molecule has 2 rings (SSSR count). The lowest BCUT2D eigenvalue weighted by Gasteiger charge is -2.07. The van der Waals surface area contributed by atoms with Crippen LogP contribution in [-0.4, -0.2) is 24.3 Å². The number of amides is 1. The van der Waals surface area contributed by atoms with Crippen LogP contribution >= 0.6 is 0 Å². The lowest BCUT2D eigenvalue weighted by atomic mass is 10.1. The number of amidine groups is 1. The van der Waals surface area contributed by atoms with Crippen molar-refractivity contribution in [2.24, 2.45) is 16.6 Å². The van der Waals surface area contributed by atoms with Crippen molar-refractivity contribution < 1.29 is 32.3 Å². The average molecular weight is 381 g/mol. The quantitative estimate of drug-likeness (QED) is 0.344. The molecule has 2 aromatic rings. The highest BCUT2D eigenvalue weighted by Crippen LogP contribution is 2.29. The maximum Gasteiger partial charge on any atom is 0.416 e. The summed E-state index contributed by atoms with van der Waals surface area (Å²) in [6.07, 6.45) is -4.59. The molecule has 0 spiro atoms. The van der Waals surface area contributed by atoms with Crippen molar-refractivity contribution in [2.45, 2.75) is 6.18 Å². The number of rotatable bonds is 6. The first kappa shape index (κ1) is 19.8. The molecular weight excluding hydrogens is 367 g/mol. The minimum absolute atomic E-state index is 0.184. The molecule has 0 aliphatic heterocycles. The number of primary amides is 1. The lowest BCUT2D eigenvalue weighted by molar-refractivity contribution is -0.137. The van der Waals surface area contributed by atoms with Crippen molar-refractivity contribution in [2.75, 3.05) is 6.61 Å². The van der Waals surface area contributed by atoms with Crippen molar-refractivity contribution in [1.29, 1.82) is 0 Å². The number of hydrogen-bond acceptors (Lipinski definition) is 5. The van der Waals surface area contributed by atoms with E-state index in [0.717, 1.165) is 18.2 Å². The predicted molar refractivity (Wildman–Crippen MR) is 88.7 cm³/mol. The van der Waals surface area contributed by atoms with E-state index in [9.17, 15) is 22.8 Å². The zero-order valence-corrected chi connectivity index (χ0v) is 13.7. The summed E-state index contributed by atoms with van der Waals surface area (Å²) in [4.78, 5) is 27.1. The third-order valence-corrected chi connectivity index (χ3v) is 3.18. The molecule has 0 saturated heterocycles. The highest BCUT2D eigenvalue weighted by Gasteiger charge is 2.31. The van der Waals surface area contributed by atoms with Gasteiger partial charge in [0.15, 0.2) is 12.4 Å². The molecule has 0 aliphatic rings. The van der Waals surface area contributed by atoms with Crippen LogP contribution in [0.2, 0.25) is 0 Å². The summed E-state index contributed by atoms with van der Waals surface area (Å²) in [7, 11) is 0. The number of carbonyl (C=O) groups excluding carboxylic acids is 2. The molecule has 2 aromatic carbocycles. The van der Waals surface area contributed by atoms with Crippen LogP contribution in [0.3, 0.4) is 0 Å². The van der Waals surface area contributed by atoms with Crippen LogP contribution in [0.4, 0.5) is 13.2 Å². The molecule has 0 bridgehead atoms. The van der Waals surface area contributed by atoms with Gasteiger partial charge in [-0.2, -0.15) is 13.2 Å². The number of alkyl halides is 3. The highest BCUT2D eigenvalue weighted by atomic mass is 19.4. The van der Waals surface area contributed by atoms with E-state index < -0.39 is 23.6 Å². The zero-order chi connectivity index (χ0) is 20.0. The molecule has 0 saturated carbocycles. The van der Waals surface area contributed by atoms with Crippen LogP contribution in [0.15, 0.2) is 53.7 Å². The highest BCUT2D eigenvalue weighted by molar-refractivity contribution is 5.98. The Morgan fingerprint density at radius 3 is 2.26 bits per heavy atom. The van der Waals surface area contributed by atoms with Gasteiger partial charge in [-0.05, 0) is 42.5 Å². The van der Waals surface area contributed by atoms with Gasteiger partial charge >= 0.3 is 12.1 Å². The van der Waals surface area contributed by atoms with E-state index in [4.69, 9.17) is 16.2 Å². The molecule has 0 heterocycles. The fraction of sp³-hybridized carbons (Fsp3) is 0.118. The monoisotopic (exact) mass is 381 g/mol.